The third-order valence-electron chi connectivity index (χ3n) is 5.08. The molecular formula is C22H17Cl2N2NaO3. The molecule has 2 aromatic carbocycles. The van der Waals surface area contributed by atoms with E-state index in [1.165, 1.54) is 23.8 Å². The van der Waals surface area contributed by atoms with E-state index in [1.54, 1.807) is 6.07 Å². The van der Waals surface area contributed by atoms with Crippen LogP contribution in [0.3, 0.4) is 0 Å². The smallest absolute Gasteiger partial charge is 0.859 e. The molecule has 0 radical (unpaired) electrons. The molecule has 0 aliphatic heterocycles. The third-order valence-corrected chi connectivity index (χ3v) is 5.60. The van der Waals surface area contributed by atoms with E-state index in [1.807, 2.05) is 18.2 Å². The number of aliphatic imine (C=N–C) groups is 1. The summed E-state index contributed by atoms with van der Waals surface area (Å²) < 4.78 is 0. The molecule has 148 valence electrons. The second-order valence-electron chi connectivity index (χ2n) is 6.94. The van der Waals surface area contributed by atoms with Crippen LogP contribution < -0.4 is 34.7 Å². The minimum atomic E-state index is -1.15. The van der Waals surface area contributed by atoms with Gasteiger partial charge in [0.15, 0.2) is 0 Å². The van der Waals surface area contributed by atoms with Crippen molar-refractivity contribution in [3.63, 3.8) is 0 Å². The number of carboxylic acid groups (broad SMARTS) is 1. The van der Waals surface area contributed by atoms with Crippen molar-refractivity contribution in [2.45, 2.75) is 25.3 Å². The number of nitrogens with one attached hydrogen (secondary N) is 1. The van der Waals surface area contributed by atoms with Crippen molar-refractivity contribution in [3.8, 4) is 0 Å². The second kappa shape index (κ2) is 9.58. The molecule has 0 bridgehead atoms. The van der Waals surface area contributed by atoms with Crippen molar-refractivity contribution >= 4 is 52.0 Å². The Bertz CT molecular complexity index is 1170. The monoisotopic (exact) mass is 450 g/mol. The molecule has 1 aliphatic rings. The quantitative estimate of drug-likeness (QED) is 0.362. The van der Waals surface area contributed by atoms with Crippen LogP contribution in [0.5, 0.6) is 0 Å². The van der Waals surface area contributed by atoms with Crippen LogP contribution in [0.1, 0.15) is 46.1 Å². The normalized spacial score (nSPS) is 16.5. The number of benzene rings is 2. The number of carbonyl (C=O) groups is 1. The van der Waals surface area contributed by atoms with E-state index < -0.39 is 11.9 Å². The van der Waals surface area contributed by atoms with Crippen LogP contribution in [0.4, 0.5) is 0 Å². The SMILES string of the molecule is O=C(O)c1[nH]c2cc(Cl)cc(Cl)c2c1/C=C/C([O-])=NC1CCCc2ccccc21.[Na+]. The minimum absolute atomic E-state index is 0. The van der Waals surface area contributed by atoms with Crippen LogP contribution >= 0.6 is 23.2 Å². The number of hydrogen-bond donors (Lipinski definition) is 2. The molecular weight excluding hydrogens is 434 g/mol. The van der Waals surface area contributed by atoms with Crippen LogP contribution in [0.2, 0.25) is 10.0 Å². The molecule has 0 saturated carbocycles. The fourth-order valence-corrected chi connectivity index (χ4v) is 4.42. The predicted octanol–water partition coefficient (Wildman–Crippen LogP) is 2.03. The molecule has 0 spiro atoms. The number of aryl methyl sites for hydroxylation is 1. The molecule has 1 aromatic heterocycles. The zero-order valence-corrected chi connectivity index (χ0v) is 19.8. The Morgan fingerprint density at radius 2 is 2.03 bits per heavy atom. The first kappa shape index (κ1) is 22.9. The summed E-state index contributed by atoms with van der Waals surface area (Å²) in [6.07, 6.45) is 5.52. The number of hydrogen-bond acceptors (Lipinski definition) is 3. The van der Waals surface area contributed by atoms with Gasteiger partial charge in [-0.25, -0.2) is 4.79 Å². The molecule has 3 aromatic rings. The zero-order valence-electron chi connectivity index (χ0n) is 16.3. The van der Waals surface area contributed by atoms with Crippen LogP contribution in [0.15, 0.2) is 47.5 Å². The number of aromatic nitrogens is 1. The minimum Gasteiger partial charge on any atom is -0.859 e. The standard InChI is InChI=1S/C22H18Cl2N2O3.Na/c23-13-10-16(24)20-15(21(22(28)29)26-18(20)11-13)8-9-19(27)25-17-7-3-5-12-4-1-2-6-14(12)17;/h1-2,4,6,8-11,17,26H,3,5,7H2,(H,25,27)(H,28,29);/q;+1/p-1/b9-8+;. The van der Waals surface area contributed by atoms with Gasteiger partial charge in [-0.1, -0.05) is 59.6 Å². The third kappa shape index (κ3) is 4.61. The van der Waals surface area contributed by atoms with Gasteiger partial charge < -0.3 is 15.2 Å². The topological polar surface area (TPSA) is 88.5 Å². The molecule has 1 atom stereocenters. The van der Waals surface area contributed by atoms with E-state index in [4.69, 9.17) is 23.2 Å². The average molecular weight is 451 g/mol. The van der Waals surface area contributed by atoms with E-state index in [0.29, 0.717) is 26.5 Å². The summed E-state index contributed by atoms with van der Waals surface area (Å²) in [5.74, 6) is -1.57. The average Bonchev–Trinajstić information content (AvgIpc) is 3.05. The van der Waals surface area contributed by atoms with Gasteiger partial charge in [0.25, 0.3) is 0 Å². The summed E-state index contributed by atoms with van der Waals surface area (Å²) in [6, 6.07) is 11.0. The van der Waals surface area contributed by atoms with Gasteiger partial charge >= 0.3 is 35.5 Å². The van der Waals surface area contributed by atoms with Crippen molar-refractivity contribution in [2.24, 2.45) is 4.99 Å². The maximum absolute atomic E-state index is 12.5. The number of nitrogens with zero attached hydrogens (tertiary/aromatic N) is 1. The van der Waals surface area contributed by atoms with E-state index >= 15 is 0 Å². The summed E-state index contributed by atoms with van der Waals surface area (Å²) in [5.41, 5.74) is 3.05. The number of aromatic amines is 1. The Kier molecular flexibility index (Phi) is 7.32. The van der Waals surface area contributed by atoms with E-state index in [9.17, 15) is 15.0 Å². The summed E-state index contributed by atoms with van der Waals surface area (Å²) in [4.78, 5) is 18.8. The van der Waals surface area contributed by atoms with E-state index in [2.05, 4.69) is 16.0 Å². The molecule has 30 heavy (non-hydrogen) atoms. The number of aromatic carboxylic acids is 1. The van der Waals surface area contributed by atoms with Gasteiger partial charge in [-0.15, -0.1) is 0 Å². The molecule has 0 amide bonds. The number of halogens is 2. The van der Waals surface area contributed by atoms with Crippen LogP contribution in [-0.4, -0.2) is 22.0 Å². The Morgan fingerprint density at radius 1 is 1.27 bits per heavy atom. The Hall–Kier alpha value is -1.76. The van der Waals surface area contributed by atoms with Crippen LogP contribution in [0.25, 0.3) is 17.0 Å². The molecule has 0 saturated heterocycles. The zero-order chi connectivity index (χ0) is 20.5. The molecule has 4 rings (SSSR count). The van der Waals surface area contributed by atoms with Crippen molar-refractivity contribution in [1.82, 2.24) is 4.98 Å². The molecule has 1 heterocycles. The van der Waals surface area contributed by atoms with Crippen LogP contribution in [-0.2, 0) is 6.42 Å². The summed E-state index contributed by atoms with van der Waals surface area (Å²) in [5, 5.41) is 23.2. The molecule has 1 unspecified atom stereocenters. The first-order valence-corrected chi connectivity index (χ1v) is 9.94. The van der Waals surface area contributed by atoms with E-state index in [-0.39, 0.29) is 41.3 Å². The van der Waals surface area contributed by atoms with Crippen molar-refractivity contribution in [2.75, 3.05) is 0 Å². The number of carboxylic acids is 1. The predicted molar refractivity (Wildman–Crippen MR) is 114 cm³/mol. The van der Waals surface area contributed by atoms with E-state index in [0.717, 1.165) is 24.8 Å². The maximum Gasteiger partial charge on any atom is 1.00 e. The Balaban J connectivity index is 0.00000256. The molecule has 0 fully saturated rings. The fourth-order valence-electron chi connectivity index (χ4n) is 3.82. The van der Waals surface area contributed by atoms with Gasteiger partial charge in [0.2, 0.25) is 0 Å². The van der Waals surface area contributed by atoms with Crippen LogP contribution in [0, 0.1) is 0 Å². The van der Waals surface area contributed by atoms with Gasteiger partial charge in [-0.3, -0.25) is 4.99 Å². The number of H-pyrrole nitrogens is 1. The number of fused-ring (bicyclic) bond motifs is 2. The van der Waals surface area contributed by atoms with Gasteiger partial charge in [-0.05, 0) is 48.4 Å². The van der Waals surface area contributed by atoms with Gasteiger partial charge in [-0.2, -0.15) is 0 Å². The maximum atomic E-state index is 12.5. The van der Waals surface area contributed by atoms with Gasteiger partial charge in [0.05, 0.1) is 11.1 Å². The van der Waals surface area contributed by atoms with Gasteiger partial charge in [0.1, 0.15) is 5.69 Å². The van der Waals surface area contributed by atoms with Gasteiger partial charge in [0, 0.05) is 21.5 Å². The second-order valence-corrected chi connectivity index (χ2v) is 7.78. The summed E-state index contributed by atoms with van der Waals surface area (Å²) >= 11 is 12.3. The Labute approximate surface area is 205 Å². The Morgan fingerprint density at radius 3 is 2.80 bits per heavy atom. The molecule has 5 nitrogen and oxygen atoms in total. The molecule has 8 heteroatoms. The number of rotatable bonds is 4. The summed E-state index contributed by atoms with van der Waals surface area (Å²) in [6.45, 7) is 0. The molecule has 2 N–H and O–H groups in total. The summed E-state index contributed by atoms with van der Waals surface area (Å²) in [7, 11) is 0. The first-order chi connectivity index (χ1) is 13.9. The van der Waals surface area contributed by atoms with Crippen molar-refractivity contribution < 1.29 is 44.6 Å². The largest absolute Gasteiger partial charge is 1.00 e. The van der Waals surface area contributed by atoms with Crippen molar-refractivity contribution in [3.05, 3.63) is 74.9 Å². The first-order valence-electron chi connectivity index (χ1n) is 9.18. The fraction of sp³-hybridized carbons (Fsp3) is 0.182. The molecule has 1 aliphatic carbocycles. The van der Waals surface area contributed by atoms with Crippen molar-refractivity contribution in [1.29, 1.82) is 0 Å².